The van der Waals surface area contributed by atoms with Crippen LogP contribution in [0.1, 0.15) is 30.1 Å². The summed E-state index contributed by atoms with van der Waals surface area (Å²) in [5.41, 5.74) is 1.08. The van der Waals surface area contributed by atoms with Crippen LogP contribution in [0, 0.1) is 0 Å². The maximum atomic E-state index is 11.6. The predicted molar refractivity (Wildman–Crippen MR) is 77.8 cm³/mol. The van der Waals surface area contributed by atoms with Gasteiger partial charge in [0.05, 0.1) is 25.4 Å². The molecule has 0 aliphatic heterocycles. The van der Waals surface area contributed by atoms with Crippen LogP contribution in [0.3, 0.4) is 0 Å². The summed E-state index contributed by atoms with van der Waals surface area (Å²) in [7, 11) is 1.35. The first kappa shape index (κ1) is 15.3. The summed E-state index contributed by atoms with van der Waals surface area (Å²) in [6.45, 7) is 3.91. The van der Waals surface area contributed by atoms with E-state index in [1.807, 2.05) is 0 Å². The number of nitrogens with zero attached hydrogens (tertiary/aromatic N) is 2. The Balaban J connectivity index is 1.96. The zero-order valence-corrected chi connectivity index (χ0v) is 12.4. The van der Waals surface area contributed by atoms with Gasteiger partial charge in [-0.3, -0.25) is 0 Å². The van der Waals surface area contributed by atoms with Gasteiger partial charge in [-0.1, -0.05) is 13.3 Å². The predicted octanol–water partition coefficient (Wildman–Crippen LogP) is 2.32. The first-order chi connectivity index (χ1) is 10.3. The van der Waals surface area contributed by atoms with Gasteiger partial charge in [-0.05, 0) is 12.5 Å². The van der Waals surface area contributed by atoms with Gasteiger partial charge in [0.15, 0.2) is 0 Å². The molecule has 0 atom stereocenters. The maximum Gasteiger partial charge on any atom is 0.341 e. The molecular weight excluding hydrogens is 272 g/mol. The van der Waals surface area contributed by atoms with Crippen LogP contribution in [-0.4, -0.2) is 42.5 Å². The highest BCUT2D eigenvalue weighted by atomic mass is 16.5. The number of hydrogen-bond donors (Lipinski definition) is 0. The van der Waals surface area contributed by atoms with Crippen molar-refractivity contribution in [3.8, 4) is 5.75 Å². The van der Waals surface area contributed by atoms with Crippen molar-refractivity contribution in [2.75, 3.05) is 26.9 Å². The van der Waals surface area contributed by atoms with Crippen LogP contribution in [-0.2, 0) is 9.47 Å². The Morgan fingerprint density at radius 3 is 2.95 bits per heavy atom. The van der Waals surface area contributed by atoms with Crippen LogP contribution in [0.15, 0.2) is 24.5 Å². The van der Waals surface area contributed by atoms with E-state index < -0.39 is 5.97 Å². The number of hydrogen-bond acceptors (Lipinski definition) is 5. The fourth-order valence-corrected chi connectivity index (χ4v) is 1.89. The zero-order valence-electron chi connectivity index (χ0n) is 12.4. The van der Waals surface area contributed by atoms with Gasteiger partial charge < -0.3 is 14.2 Å². The molecule has 0 saturated heterocycles. The van der Waals surface area contributed by atoms with Crippen LogP contribution in [0.25, 0.3) is 5.52 Å². The van der Waals surface area contributed by atoms with E-state index >= 15 is 0 Å². The minimum atomic E-state index is -0.412. The Bertz CT molecular complexity index is 594. The summed E-state index contributed by atoms with van der Waals surface area (Å²) in [4.78, 5) is 11.6. The molecule has 0 aromatic carbocycles. The molecular formula is C15H20N2O4. The van der Waals surface area contributed by atoms with E-state index in [2.05, 4.69) is 12.0 Å². The lowest BCUT2D eigenvalue weighted by Gasteiger charge is -2.07. The third-order valence-electron chi connectivity index (χ3n) is 3.04. The zero-order chi connectivity index (χ0) is 15.1. The number of methoxy groups -OCH3 is 1. The summed E-state index contributed by atoms with van der Waals surface area (Å²) in [6, 6.07) is 3.57. The van der Waals surface area contributed by atoms with Crippen LogP contribution in [0.2, 0.25) is 0 Å². The van der Waals surface area contributed by atoms with E-state index in [1.54, 1.807) is 22.8 Å². The quantitative estimate of drug-likeness (QED) is 0.552. The highest BCUT2D eigenvalue weighted by molar-refractivity contribution is 5.96. The fourth-order valence-electron chi connectivity index (χ4n) is 1.89. The number of aromatic nitrogens is 2. The van der Waals surface area contributed by atoms with Gasteiger partial charge in [-0.15, -0.1) is 0 Å². The van der Waals surface area contributed by atoms with Gasteiger partial charge >= 0.3 is 5.97 Å². The van der Waals surface area contributed by atoms with Crippen LogP contribution in [0.4, 0.5) is 0 Å². The molecule has 0 saturated carbocycles. The summed E-state index contributed by atoms with van der Waals surface area (Å²) in [5.74, 6) is 0.261. The Hall–Kier alpha value is -2.08. The molecule has 0 aliphatic rings. The lowest BCUT2D eigenvalue weighted by Crippen LogP contribution is -2.07. The first-order valence-electron chi connectivity index (χ1n) is 7.02. The molecule has 0 fully saturated rings. The highest BCUT2D eigenvalue weighted by Gasteiger charge is 2.13. The SMILES string of the molecule is CCCCOCCOc1ccn2ncc(C(=O)OC)c2c1. The summed E-state index contributed by atoms with van der Waals surface area (Å²) >= 11 is 0. The average Bonchev–Trinajstić information content (AvgIpc) is 2.93. The summed E-state index contributed by atoms with van der Waals surface area (Å²) in [5, 5.41) is 4.09. The van der Waals surface area contributed by atoms with Gasteiger partial charge in [-0.25, -0.2) is 9.31 Å². The largest absolute Gasteiger partial charge is 0.491 e. The van der Waals surface area contributed by atoms with Gasteiger partial charge in [0.2, 0.25) is 0 Å². The molecule has 21 heavy (non-hydrogen) atoms. The second-order valence-electron chi connectivity index (χ2n) is 4.56. The van der Waals surface area contributed by atoms with Crippen LogP contribution in [0.5, 0.6) is 5.75 Å². The van der Waals surface area contributed by atoms with E-state index in [4.69, 9.17) is 14.2 Å². The minimum absolute atomic E-state index is 0.412. The van der Waals surface area contributed by atoms with Crippen molar-refractivity contribution in [3.63, 3.8) is 0 Å². The van der Waals surface area contributed by atoms with E-state index in [9.17, 15) is 4.79 Å². The Morgan fingerprint density at radius 1 is 1.33 bits per heavy atom. The summed E-state index contributed by atoms with van der Waals surface area (Å²) < 4.78 is 17.4. The Labute approximate surface area is 123 Å². The molecule has 2 aromatic heterocycles. The number of esters is 1. The number of carbonyl (C=O) groups excluding carboxylic acids is 1. The molecule has 0 N–H and O–H groups in total. The van der Waals surface area contributed by atoms with E-state index in [-0.39, 0.29) is 0 Å². The first-order valence-corrected chi connectivity index (χ1v) is 7.02. The molecule has 6 nitrogen and oxygen atoms in total. The van der Waals surface area contributed by atoms with Gasteiger partial charge in [-0.2, -0.15) is 5.10 Å². The molecule has 114 valence electrons. The fraction of sp³-hybridized carbons (Fsp3) is 0.467. The molecule has 0 bridgehead atoms. The normalized spacial score (nSPS) is 10.8. The average molecular weight is 292 g/mol. The molecule has 0 amide bonds. The third-order valence-corrected chi connectivity index (χ3v) is 3.04. The molecule has 6 heteroatoms. The molecule has 0 aliphatic carbocycles. The van der Waals surface area contributed by atoms with Crippen molar-refractivity contribution in [3.05, 3.63) is 30.1 Å². The van der Waals surface area contributed by atoms with E-state index in [1.165, 1.54) is 13.3 Å². The number of pyridine rings is 1. The van der Waals surface area contributed by atoms with Crippen molar-refractivity contribution >= 4 is 11.5 Å². The number of fused-ring (bicyclic) bond motifs is 1. The van der Waals surface area contributed by atoms with Crippen molar-refractivity contribution in [2.45, 2.75) is 19.8 Å². The number of unbranched alkanes of at least 4 members (excludes halogenated alkanes) is 1. The van der Waals surface area contributed by atoms with E-state index in [0.29, 0.717) is 30.0 Å². The minimum Gasteiger partial charge on any atom is -0.491 e. The standard InChI is InChI=1S/C15H20N2O4/c1-3-4-7-20-8-9-21-12-5-6-17-14(10-12)13(11-16-17)15(18)19-2/h5-6,10-11H,3-4,7-9H2,1-2H3. The van der Waals surface area contributed by atoms with Crippen molar-refractivity contribution in [1.82, 2.24) is 9.61 Å². The molecule has 2 heterocycles. The Kier molecular flexibility index (Phi) is 5.57. The van der Waals surface area contributed by atoms with Crippen molar-refractivity contribution < 1.29 is 19.0 Å². The lowest BCUT2D eigenvalue weighted by atomic mass is 10.2. The number of ether oxygens (including phenoxy) is 3. The molecule has 0 spiro atoms. The molecule has 2 aromatic rings. The topological polar surface area (TPSA) is 62.1 Å². The number of carbonyl (C=O) groups is 1. The smallest absolute Gasteiger partial charge is 0.341 e. The second kappa shape index (κ2) is 7.64. The van der Waals surface area contributed by atoms with Crippen LogP contribution < -0.4 is 4.74 Å². The van der Waals surface area contributed by atoms with E-state index in [0.717, 1.165) is 19.4 Å². The van der Waals surface area contributed by atoms with Gasteiger partial charge in [0.25, 0.3) is 0 Å². The second-order valence-corrected chi connectivity index (χ2v) is 4.56. The van der Waals surface area contributed by atoms with Crippen LogP contribution >= 0.6 is 0 Å². The molecule has 0 unspecified atom stereocenters. The molecule has 0 radical (unpaired) electrons. The third kappa shape index (κ3) is 3.95. The van der Waals surface area contributed by atoms with Crippen molar-refractivity contribution in [1.29, 1.82) is 0 Å². The van der Waals surface area contributed by atoms with Gasteiger partial charge in [0, 0.05) is 18.9 Å². The monoisotopic (exact) mass is 292 g/mol. The molecule has 2 rings (SSSR count). The number of rotatable bonds is 8. The summed E-state index contributed by atoms with van der Waals surface area (Å²) in [6.07, 6.45) is 5.41. The Morgan fingerprint density at radius 2 is 2.19 bits per heavy atom. The maximum absolute atomic E-state index is 11.6. The van der Waals surface area contributed by atoms with Gasteiger partial charge in [0.1, 0.15) is 17.9 Å². The lowest BCUT2D eigenvalue weighted by molar-refractivity contribution is 0.0603. The highest BCUT2D eigenvalue weighted by Crippen LogP contribution is 2.18. The van der Waals surface area contributed by atoms with Crippen molar-refractivity contribution in [2.24, 2.45) is 0 Å².